The molecule has 0 spiro atoms. The van der Waals surface area contributed by atoms with Crippen LogP contribution in [0.1, 0.15) is 6.42 Å². The molecule has 0 aliphatic carbocycles. The normalized spacial score (nSPS) is 15.5. The lowest BCUT2D eigenvalue weighted by Crippen LogP contribution is -2.05. The lowest BCUT2D eigenvalue weighted by molar-refractivity contribution is -0.135. The van der Waals surface area contributed by atoms with Gasteiger partial charge in [-0.05, 0) is 12.5 Å². The summed E-state index contributed by atoms with van der Waals surface area (Å²) in [5, 5.41) is 0. The van der Waals surface area contributed by atoms with Crippen LogP contribution in [0, 0.1) is 0 Å². The maximum absolute atomic E-state index is 11.1. The van der Waals surface area contributed by atoms with Gasteiger partial charge < -0.3 is 9.47 Å². The molecule has 0 radical (unpaired) electrons. The molecule has 0 amide bonds. The number of carbonyl (C=O) groups is 1. The fourth-order valence-corrected chi connectivity index (χ4v) is 0.915. The van der Waals surface area contributed by atoms with Gasteiger partial charge in [-0.15, -0.1) is 0 Å². The van der Waals surface area contributed by atoms with Crippen molar-refractivity contribution in [3.05, 3.63) is 23.6 Å². The lowest BCUT2D eigenvalue weighted by atomic mass is 10.2. The Labute approximate surface area is 76.6 Å². The molecular weight excluding hydrogens is 170 g/mol. The van der Waals surface area contributed by atoms with Crippen LogP contribution in [-0.4, -0.2) is 26.4 Å². The highest BCUT2D eigenvalue weighted by molar-refractivity contribution is 6.09. The van der Waals surface area contributed by atoms with Crippen LogP contribution in [0.4, 0.5) is 0 Å². The molecule has 1 rings (SSSR count). The van der Waals surface area contributed by atoms with E-state index in [4.69, 9.17) is 4.74 Å². The van der Waals surface area contributed by atoms with Crippen molar-refractivity contribution < 1.29 is 14.3 Å². The van der Waals surface area contributed by atoms with Crippen molar-refractivity contribution >= 4 is 12.2 Å². The first kappa shape index (κ1) is 9.51. The smallest absolute Gasteiger partial charge is 0.339 e. The fourth-order valence-electron chi connectivity index (χ4n) is 0.915. The summed E-state index contributed by atoms with van der Waals surface area (Å²) in [6.07, 6.45) is 5.58. The Bertz CT molecular complexity index is 289. The van der Waals surface area contributed by atoms with Gasteiger partial charge in [0.15, 0.2) is 0 Å². The van der Waals surface area contributed by atoms with Crippen LogP contribution in [-0.2, 0) is 14.3 Å². The van der Waals surface area contributed by atoms with Crippen LogP contribution < -0.4 is 0 Å². The van der Waals surface area contributed by atoms with Crippen molar-refractivity contribution in [2.24, 2.45) is 4.99 Å². The topological polar surface area (TPSA) is 47.9 Å². The summed E-state index contributed by atoms with van der Waals surface area (Å²) in [6.45, 7) is 0. The fraction of sp³-hybridized carbons (Fsp3) is 0.333. The Morgan fingerprint density at radius 3 is 2.85 bits per heavy atom. The summed E-state index contributed by atoms with van der Waals surface area (Å²) in [6, 6.07) is 0. The van der Waals surface area contributed by atoms with Crippen molar-refractivity contribution in [3.63, 3.8) is 0 Å². The molecule has 1 aliphatic heterocycles. The molecule has 1 aliphatic rings. The number of carbonyl (C=O) groups excluding carboxylic acids is 1. The van der Waals surface area contributed by atoms with Gasteiger partial charge in [-0.25, -0.2) is 9.79 Å². The van der Waals surface area contributed by atoms with Crippen molar-refractivity contribution in [1.82, 2.24) is 0 Å². The molecule has 0 unspecified atom stereocenters. The van der Waals surface area contributed by atoms with Crippen LogP contribution in [0.15, 0.2) is 28.6 Å². The predicted octanol–water partition coefficient (Wildman–Crippen LogP) is 1.05. The number of hydrogen-bond acceptors (Lipinski definition) is 4. The third kappa shape index (κ3) is 2.43. The number of methoxy groups -OCH3 is 2. The van der Waals surface area contributed by atoms with E-state index in [1.54, 1.807) is 12.2 Å². The van der Waals surface area contributed by atoms with Crippen molar-refractivity contribution in [2.45, 2.75) is 6.42 Å². The Morgan fingerprint density at radius 2 is 2.23 bits per heavy atom. The SMILES string of the molecule is COC(=O)C1=CCC=C(OC)N=C1. The quantitative estimate of drug-likeness (QED) is 0.598. The monoisotopic (exact) mass is 181 g/mol. The van der Waals surface area contributed by atoms with Gasteiger partial charge in [0.2, 0.25) is 5.88 Å². The van der Waals surface area contributed by atoms with E-state index >= 15 is 0 Å². The van der Waals surface area contributed by atoms with Crippen molar-refractivity contribution in [3.8, 4) is 0 Å². The van der Waals surface area contributed by atoms with E-state index in [1.165, 1.54) is 20.4 Å². The van der Waals surface area contributed by atoms with E-state index in [9.17, 15) is 4.79 Å². The summed E-state index contributed by atoms with van der Waals surface area (Å²) in [5.74, 6) is 0.129. The number of hydrogen-bond donors (Lipinski definition) is 0. The molecule has 0 N–H and O–H groups in total. The largest absolute Gasteiger partial charge is 0.481 e. The van der Waals surface area contributed by atoms with Gasteiger partial charge >= 0.3 is 5.97 Å². The second-order valence-electron chi connectivity index (χ2n) is 2.39. The molecule has 0 fully saturated rings. The van der Waals surface area contributed by atoms with Crippen LogP contribution >= 0.6 is 0 Å². The number of nitrogens with zero attached hydrogens (tertiary/aromatic N) is 1. The molecule has 0 saturated carbocycles. The summed E-state index contributed by atoms with van der Waals surface area (Å²) in [7, 11) is 2.87. The van der Waals surface area contributed by atoms with Gasteiger partial charge in [0.25, 0.3) is 0 Å². The minimum absolute atomic E-state index is 0.380. The van der Waals surface area contributed by atoms with Crippen LogP contribution in [0.5, 0.6) is 0 Å². The number of ether oxygens (including phenoxy) is 2. The van der Waals surface area contributed by atoms with Gasteiger partial charge in [0.1, 0.15) is 0 Å². The minimum Gasteiger partial charge on any atom is -0.481 e. The summed E-state index contributed by atoms with van der Waals surface area (Å²) >= 11 is 0. The number of aliphatic imine (C=N–C) groups is 1. The molecule has 70 valence electrons. The Balaban J connectivity index is 2.74. The van der Waals surface area contributed by atoms with Crippen LogP contribution in [0.3, 0.4) is 0 Å². The third-order valence-electron chi connectivity index (χ3n) is 1.59. The highest BCUT2D eigenvalue weighted by atomic mass is 16.5. The molecule has 4 heteroatoms. The zero-order valence-corrected chi connectivity index (χ0v) is 7.61. The van der Waals surface area contributed by atoms with E-state index in [-0.39, 0.29) is 5.97 Å². The highest BCUT2D eigenvalue weighted by Crippen LogP contribution is 2.08. The molecule has 13 heavy (non-hydrogen) atoms. The highest BCUT2D eigenvalue weighted by Gasteiger charge is 2.08. The maximum Gasteiger partial charge on any atom is 0.339 e. The average Bonchev–Trinajstić information content (AvgIpc) is 2.41. The standard InChI is InChI=1S/C9H11NO3/c1-12-8-5-3-4-7(6-10-8)9(11)13-2/h4-6H,3H2,1-2H3. The van der Waals surface area contributed by atoms with E-state index in [1.807, 2.05) is 0 Å². The number of allylic oxidation sites excluding steroid dienone is 2. The van der Waals surface area contributed by atoms with Crippen LogP contribution in [0.25, 0.3) is 0 Å². The van der Waals surface area contributed by atoms with E-state index in [2.05, 4.69) is 9.73 Å². The predicted molar refractivity (Wildman–Crippen MR) is 48.3 cm³/mol. The molecule has 4 nitrogen and oxygen atoms in total. The third-order valence-corrected chi connectivity index (χ3v) is 1.59. The van der Waals surface area contributed by atoms with Crippen molar-refractivity contribution in [1.29, 1.82) is 0 Å². The van der Waals surface area contributed by atoms with Gasteiger partial charge in [0.05, 0.1) is 19.8 Å². The van der Waals surface area contributed by atoms with Gasteiger partial charge in [0, 0.05) is 6.21 Å². The second kappa shape index (κ2) is 4.45. The maximum atomic E-state index is 11.1. The lowest BCUT2D eigenvalue weighted by Gasteiger charge is -1.97. The molecule has 0 aromatic rings. The zero-order valence-electron chi connectivity index (χ0n) is 7.61. The molecule has 0 bridgehead atoms. The van der Waals surface area contributed by atoms with Gasteiger partial charge in [-0.1, -0.05) is 6.08 Å². The molecule has 0 aromatic heterocycles. The zero-order chi connectivity index (χ0) is 9.68. The molecule has 1 heterocycles. The first-order valence-electron chi connectivity index (χ1n) is 3.84. The molecule has 0 saturated heterocycles. The van der Waals surface area contributed by atoms with E-state index in [0.717, 1.165) is 0 Å². The average molecular weight is 181 g/mol. The van der Waals surface area contributed by atoms with Gasteiger partial charge in [-0.2, -0.15) is 0 Å². The van der Waals surface area contributed by atoms with E-state index in [0.29, 0.717) is 17.9 Å². The summed E-state index contributed by atoms with van der Waals surface area (Å²) in [4.78, 5) is 15.0. The minimum atomic E-state index is -0.380. The molecule has 0 aromatic carbocycles. The second-order valence-corrected chi connectivity index (χ2v) is 2.39. The van der Waals surface area contributed by atoms with Crippen molar-refractivity contribution in [2.75, 3.05) is 14.2 Å². The molecule has 0 atom stereocenters. The number of esters is 1. The Hall–Kier alpha value is -1.58. The Kier molecular flexibility index (Phi) is 3.25. The summed E-state index contributed by atoms with van der Waals surface area (Å²) < 4.78 is 9.46. The van der Waals surface area contributed by atoms with Crippen LogP contribution in [0.2, 0.25) is 0 Å². The number of rotatable bonds is 2. The first-order chi connectivity index (χ1) is 6.27. The Morgan fingerprint density at radius 1 is 1.46 bits per heavy atom. The van der Waals surface area contributed by atoms with E-state index < -0.39 is 0 Å². The molecular formula is C9H11NO3. The summed E-state index contributed by atoms with van der Waals surface area (Å²) in [5.41, 5.74) is 0.450. The van der Waals surface area contributed by atoms with Gasteiger partial charge in [-0.3, -0.25) is 0 Å². The first-order valence-corrected chi connectivity index (χ1v) is 3.84.